The zero-order chi connectivity index (χ0) is 17.0. The van der Waals surface area contributed by atoms with Crippen LogP contribution in [0.15, 0.2) is 42.5 Å². The number of nitrogens with zero attached hydrogens (tertiary/aromatic N) is 1. The molecule has 0 spiro atoms. The second-order valence-electron chi connectivity index (χ2n) is 5.81. The molecule has 0 aliphatic heterocycles. The maximum atomic E-state index is 12.3. The highest BCUT2D eigenvalue weighted by molar-refractivity contribution is 6.02. The Labute approximate surface area is 137 Å². The fraction of sp³-hybridized carbons (Fsp3) is 0.263. The first kappa shape index (κ1) is 16.7. The van der Waals surface area contributed by atoms with Crippen molar-refractivity contribution in [3.8, 4) is 0 Å². The molecule has 0 bridgehead atoms. The van der Waals surface area contributed by atoms with Gasteiger partial charge in [0.05, 0.1) is 0 Å². The molecule has 1 N–H and O–H groups in total. The van der Waals surface area contributed by atoms with E-state index in [1.165, 1.54) is 11.8 Å². The lowest BCUT2D eigenvalue weighted by Gasteiger charge is -2.23. The number of nitrogens with one attached hydrogen (secondary N) is 1. The molecule has 0 aliphatic carbocycles. The maximum Gasteiger partial charge on any atom is 0.244 e. The van der Waals surface area contributed by atoms with Crippen LogP contribution in [0.3, 0.4) is 0 Å². The molecule has 4 nitrogen and oxygen atoms in total. The Morgan fingerprint density at radius 2 is 1.57 bits per heavy atom. The molecule has 0 unspecified atom stereocenters. The van der Waals surface area contributed by atoms with Crippen molar-refractivity contribution >= 4 is 23.2 Å². The molecule has 0 saturated heterocycles. The highest BCUT2D eigenvalue weighted by Crippen LogP contribution is 2.22. The third kappa shape index (κ3) is 4.42. The summed E-state index contributed by atoms with van der Waals surface area (Å²) in [5.41, 5.74) is 4.65. The molecule has 120 valence electrons. The molecule has 0 fully saturated rings. The van der Waals surface area contributed by atoms with Gasteiger partial charge in [0.15, 0.2) is 0 Å². The van der Waals surface area contributed by atoms with Crippen LogP contribution in [-0.4, -0.2) is 18.4 Å². The van der Waals surface area contributed by atoms with Crippen molar-refractivity contribution in [2.45, 2.75) is 27.7 Å². The maximum absolute atomic E-state index is 12.3. The van der Waals surface area contributed by atoms with Gasteiger partial charge in [0.2, 0.25) is 11.8 Å². The first-order chi connectivity index (χ1) is 10.9. The summed E-state index contributed by atoms with van der Waals surface area (Å²) in [6, 6.07) is 13.4. The fourth-order valence-electron chi connectivity index (χ4n) is 2.36. The Bertz CT molecular complexity index is 721. The van der Waals surface area contributed by atoms with Gasteiger partial charge >= 0.3 is 0 Å². The lowest BCUT2D eigenvalue weighted by Crippen LogP contribution is -2.37. The zero-order valence-electron chi connectivity index (χ0n) is 14.0. The largest absolute Gasteiger partial charge is 0.325 e. The first-order valence-electron chi connectivity index (χ1n) is 7.58. The molecule has 0 radical (unpaired) electrons. The number of carbonyl (C=O) groups is 2. The average molecular weight is 310 g/mol. The molecule has 2 aromatic rings. The summed E-state index contributed by atoms with van der Waals surface area (Å²) in [6.45, 7) is 7.36. The predicted octanol–water partition coefficient (Wildman–Crippen LogP) is 3.60. The molecule has 0 saturated carbocycles. The van der Waals surface area contributed by atoms with Crippen molar-refractivity contribution < 1.29 is 9.59 Å². The van der Waals surface area contributed by atoms with Crippen LogP contribution in [0.25, 0.3) is 0 Å². The molecular weight excluding hydrogens is 288 g/mol. The topological polar surface area (TPSA) is 49.4 Å². The van der Waals surface area contributed by atoms with E-state index in [0.717, 1.165) is 28.1 Å². The van der Waals surface area contributed by atoms with Gasteiger partial charge in [-0.3, -0.25) is 9.59 Å². The van der Waals surface area contributed by atoms with Crippen LogP contribution in [0.2, 0.25) is 0 Å². The fourth-order valence-corrected chi connectivity index (χ4v) is 2.36. The number of amides is 2. The molecule has 23 heavy (non-hydrogen) atoms. The molecule has 0 aromatic heterocycles. The molecule has 2 rings (SSSR count). The highest BCUT2D eigenvalue weighted by atomic mass is 16.2. The third-order valence-corrected chi connectivity index (χ3v) is 3.67. The van der Waals surface area contributed by atoms with Crippen molar-refractivity contribution in [3.05, 3.63) is 59.2 Å². The van der Waals surface area contributed by atoms with Gasteiger partial charge in [0.25, 0.3) is 0 Å². The van der Waals surface area contributed by atoms with Crippen molar-refractivity contribution in [2.75, 3.05) is 16.8 Å². The SMILES string of the molecule is CC(=O)N(CC(=O)Nc1ccc(C)cc1)c1cc(C)ccc1C. The number of aryl methyl sites for hydroxylation is 3. The van der Waals surface area contributed by atoms with Crippen LogP contribution in [-0.2, 0) is 9.59 Å². The number of hydrogen-bond donors (Lipinski definition) is 1. The van der Waals surface area contributed by atoms with E-state index in [1.807, 2.05) is 63.2 Å². The summed E-state index contributed by atoms with van der Waals surface area (Å²) in [4.78, 5) is 25.8. The Kier molecular flexibility index (Phi) is 5.16. The molecule has 0 aliphatic rings. The summed E-state index contributed by atoms with van der Waals surface area (Å²) in [6.07, 6.45) is 0. The summed E-state index contributed by atoms with van der Waals surface area (Å²) in [5, 5.41) is 2.83. The van der Waals surface area contributed by atoms with Crippen molar-refractivity contribution in [1.29, 1.82) is 0 Å². The number of benzene rings is 2. The minimum absolute atomic E-state index is 0.00645. The smallest absolute Gasteiger partial charge is 0.244 e. The van der Waals surface area contributed by atoms with Crippen molar-refractivity contribution in [2.24, 2.45) is 0 Å². The second kappa shape index (κ2) is 7.09. The summed E-state index contributed by atoms with van der Waals surface area (Å²) < 4.78 is 0. The molecule has 0 heterocycles. The average Bonchev–Trinajstić information content (AvgIpc) is 2.49. The Balaban J connectivity index is 2.16. The van der Waals surface area contributed by atoms with Gasteiger partial charge in [-0.1, -0.05) is 29.8 Å². The van der Waals surface area contributed by atoms with E-state index >= 15 is 0 Å². The number of carbonyl (C=O) groups excluding carboxylic acids is 2. The zero-order valence-corrected chi connectivity index (χ0v) is 14.0. The van der Waals surface area contributed by atoms with E-state index in [2.05, 4.69) is 5.32 Å². The first-order valence-corrected chi connectivity index (χ1v) is 7.58. The summed E-state index contributed by atoms with van der Waals surface area (Å²) >= 11 is 0. The highest BCUT2D eigenvalue weighted by Gasteiger charge is 2.17. The van der Waals surface area contributed by atoms with Gasteiger partial charge in [-0.05, 0) is 50.1 Å². The van der Waals surface area contributed by atoms with Crippen LogP contribution in [0, 0.1) is 20.8 Å². The minimum atomic E-state index is -0.218. The number of hydrogen-bond acceptors (Lipinski definition) is 2. The summed E-state index contributed by atoms with van der Waals surface area (Å²) in [7, 11) is 0. The lowest BCUT2D eigenvalue weighted by molar-refractivity contribution is -0.120. The Hall–Kier alpha value is -2.62. The molecule has 2 aromatic carbocycles. The van der Waals surface area contributed by atoms with Gasteiger partial charge in [-0.25, -0.2) is 0 Å². The Morgan fingerprint density at radius 1 is 0.957 bits per heavy atom. The quantitative estimate of drug-likeness (QED) is 0.938. The normalized spacial score (nSPS) is 10.3. The van der Waals surface area contributed by atoms with Crippen LogP contribution < -0.4 is 10.2 Å². The van der Waals surface area contributed by atoms with Crippen LogP contribution in [0.1, 0.15) is 23.6 Å². The van der Waals surface area contributed by atoms with Crippen molar-refractivity contribution in [3.63, 3.8) is 0 Å². The number of rotatable bonds is 4. The predicted molar refractivity (Wildman–Crippen MR) is 93.8 cm³/mol. The van der Waals surface area contributed by atoms with Gasteiger partial charge in [-0.15, -0.1) is 0 Å². The van der Waals surface area contributed by atoms with Gasteiger partial charge in [-0.2, -0.15) is 0 Å². The number of anilines is 2. The van der Waals surface area contributed by atoms with Gasteiger partial charge < -0.3 is 10.2 Å². The standard InChI is InChI=1S/C19H22N2O2/c1-13-6-9-17(10-7-13)20-19(23)12-21(16(4)22)18-11-14(2)5-8-15(18)3/h5-11H,12H2,1-4H3,(H,20,23). The molecule has 2 amide bonds. The van der Waals surface area contributed by atoms with E-state index < -0.39 is 0 Å². The summed E-state index contributed by atoms with van der Waals surface area (Å²) in [5.74, 6) is -0.372. The molecule has 0 atom stereocenters. The minimum Gasteiger partial charge on any atom is -0.325 e. The van der Waals surface area contributed by atoms with E-state index in [-0.39, 0.29) is 18.4 Å². The van der Waals surface area contributed by atoms with Gasteiger partial charge in [0, 0.05) is 18.3 Å². The van der Waals surface area contributed by atoms with Crippen molar-refractivity contribution in [1.82, 2.24) is 0 Å². The Morgan fingerprint density at radius 3 is 2.17 bits per heavy atom. The molecular formula is C19H22N2O2. The van der Waals surface area contributed by atoms with E-state index in [4.69, 9.17) is 0 Å². The van der Waals surface area contributed by atoms with E-state index in [0.29, 0.717) is 0 Å². The van der Waals surface area contributed by atoms with Crippen LogP contribution in [0.4, 0.5) is 11.4 Å². The molecule has 4 heteroatoms. The third-order valence-electron chi connectivity index (χ3n) is 3.67. The van der Waals surface area contributed by atoms with Gasteiger partial charge in [0.1, 0.15) is 6.54 Å². The van der Waals surface area contributed by atoms with E-state index in [9.17, 15) is 9.59 Å². The van der Waals surface area contributed by atoms with Crippen LogP contribution >= 0.6 is 0 Å². The lowest BCUT2D eigenvalue weighted by atomic mass is 10.1. The second-order valence-corrected chi connectivity index (χ2v) is 5.81. The van der Waals surface area contributed by atoms with E-state index in [1.54, 1.807) is 0 Å². The van der Waals surface area contributed by atoms with Crippen LogP contribution in [0.5, 0.6) is 0 Å². The monoisotopic (exact) mass is 310 g/mol.